The molecule has 0 radical (unpaired) electrons. The van der Waals surface area contributed by atoms with Crippen LogP contribution in [0.25, 0.3) is 0 Å². The maximum atomic E-state index is 10.1. The van der Waals surface area contributed by atoms with Crippen molar-refractivity contribution in [3.8, 4) is 0 Å². The van der Waals surface area contributed by atoms with Crippen LogP contribution < -0.4 is 5.73 Å². The Hall–Kier alpha value is -1.10. The SMILES string of the molecule is CN.N=CN1CC(CC(=O)O)C1. The number of rotatable bonds is 3. The fourth-order valence-corrected chi connectivity index (χ4v) is 1.09. The van der Waals surface area contributed by atoms with E-state index in [1.54, 1.807) is 4.90 Å². The molecule has 1 saturated heterocycles. The van der Waals surface area contributed by atoms with Crippen molar-refractivity contribution >= 4 is 12.3 Å². The Bertz CT molecular complexity index is 155. The van der Waals surface area contributed by atoms with E-state index in [-0.39, 0.29) is 12.3 Å². The van der Waals surface area contributed by atoms with Gasteiger partial charge in [-0.3, -0.25) is 10.2 Å². The van der Waals surface area contributed by atoms with Gasteiger partial charge in [-0.15, -0.1) is 0 Å². The zero-order valence-electron chi connectivity index (χ0n) is 7.16. The predicted octanol–water partition coefficient (Wildman–Crippen LogP) is -0.425. The van der Waals surface area contributed by atoms with Crippen LogP contribution in [0.4, 0.5) is 0 Å². The fourth-order valence-electron chi connectivity index (χ4n) is 1.09. The Labute approximate surface area is 71.7 Å². The molecule has 0 aliphatic carbocycles. The van der Waals surface area contributed by atoms with Gasteiger partial charge in [-0.25, -0.2) is 0 Å². The maximum Gasteiger partial charge on any atom is 0.303 e. The quantitative estimate of drug-likeness (QED) is 0.399. The van der Waals surface area contributed by atoms with Crippen LogP contribution >= 0.6 is 0 Å². The van der Waals surface area contributed by atoms with Crippen molar-refractivity contribution in [1.29, 1.82) is 5.41 Å². The molecule has 12 heavy (non-hydrogen) atoms. The molecule has 0 atom stereocenters. The predicted molar refractivity (Wildman–Crippen MR) is 46.2 cm³/mol. The third-order valence-corrected chi connectivity index (χ3v) is 1.63. The second kappa shape index (κ2) is 5.54. The summed E-state index contributed by atoms with van der Waals surface area (Å²) >= 11 is 0. The summed E-state index contributed by atoms with van der Waals surface area (Å²) in [4.78, 5) is 11.9. The highest BCUT2D eigenvalue weighted by atomic mass is 16.4. The van der Waals surface area contributed by atoms with E-state index in [9.17, 15) is 4.79 Å². The third-order valence-electron chi connectivity index (χ3n) is 1.63. The maximum absolute atomic E-state index is 10.1. The van der Waals surface area contributed by atoms with Gasteiger partial charge in [0.05, 0.1) is 12.8 Å². The number of nitrogens with zero attached hydrogens (tertiary/aromatic N) is 1. The first-order valence-corrected chi connectivity index (χ1v) is 3.76. The first kappa shape index (κ1) is 10.9. The van der Waals surface area contributed by atoms with E-state index in [4.69, 9.17) is 10.5 Å². The first-order valence-electron chi connectivity index (χ1n) is 3.76. The minimum atomic E-state index is -0.741. The van der Waals surface area contributed by atoms with E-state index in [0.717, 1.165) is 13.1 Å². The number of nitrogens with one attached hydrogen (secondary N) is 1. The van der Waals surface area contributed by atoms with E-state index in [0.29, 0.717) is 0 Å². The van der Waals surface area contributed by atoms with Crippen LogP contribution in [0, 0.1) is 11.3 Å². The summed E-state index contributed by atoms with van der Waals surface area (Å²) < 4.78 is 0. The van der Waals surface area contributed by atoms with E-state index < -0.39 is 5.97 Å². The number of hydrogen-bond donors (Lipinski definition) is 3. The van der Waals surface area contributed by atoms with Gasteiger partial charge in [0.2, 0.25) is 0 Å². The van der Waals surface area contributed by atoms with Gasteiger partial charge < -0.3 is 15.7 Å². The summed E-state index contributed by atoms with van der Waals surface area (Å²) in [7, 11) is 1.50. The molecule has 1 fully saturated rings. The lowest BCUT2D eigenvalue weighted by molar-refractivity contribution is -0.139. The molecule has 0 aromatic carbocycles. The van der Waals surface area contributed by atoms with Crippen LogP contribution in [-0.4, -0.2) is 42.5 Å². The smallest absolute Gasteiger partial charge is 0.303 e. The third kappa shape index (κ3) is 3.34. The molecule has 1 heterocycles. The van der Waals surface area contributed by atoms with E-state index >= 15 is 0 Å². The van der Waals surface area contributed by atoms with Crippen molar-refractivity contribution in [2.45, 2.75) is 6.42 Å². The van der Waals surface area contributed by atoms with Gasteiger partial charge in [-0.05, 0) is 7.05 Å². The average Bonchev–Trinajstić information content (AvgIpc) is 1.99. The van der Waals surface area contributed by atoms with Crippen molar-refractivity contribution in [3.63, 3.8) is 0 Å². The minimum Gasteiger partial charge on any atom is -0.481 e. The molecule has 5 nitrogen and oxygen atoms in total. The number of carboxylic acid groups (broad SMARTS) is 1. The van der Waals surface area contributed by atoms with Gasteiger partial charge in [-0.2, -0.15) is 0 Å². The van der Waals surface area contributed by atoms with Crippen LogP contribution in [0.15, 0.2) is 0 Å². The largest absolute Gasteiger partial charge is 0.481 e. The Morgan fingerprint density at radius 2 is 2.25 bits per heavy atom. The van der Waals surface area contributed by atoms with Gasteiger partial charge >= 0.3 is 5.97 Å². The molecule has 4 N–H and O–H groups in total. The average molecular weight is 173 g/mol. The molecule has 0 bridgehead atoms. The number of carboxylic acids is 1. The number of nitrogens with two attached hydrogens (primary N) is 1. The molecule has 0 aromatic heterocycles. The Kier molecular flexibility index (Phi) is 5.03. The van der Waals surface area contributed by atoms with Crippen LogP contribution in [0.5, 0.6) is 0 Å². The highest BCUT2D eigenvalue weighted by molar-refractivity contribution is 5.67. The van der Waals surface area contributed by atoms with Crippen molar-refractivity contribution in [3.05, 3.63) is 0 Å². The zero-order valence-corrected chi connectivity index (χ0v) is 7.16. The second-order valence-corrected chi connectivity index (χ2v) is 2.55. The second-order valence-electron chi connectivity index (χ2n) is 2.55. The summed E-state index contributed by atoms with van der Waals surface area (Å²) in [6.07, 6.45) is 1.49. The van der Waals surface area contributed by atoms with Crippen molar-refractivity contribution in [1.82, 2.24) is 4.90 Å². The van der Waals surface area contributed by atoms with E-state index in [2.05, 4.69) is 5.73 Å². The summed E-state index contributed by atoms with van der Waals surface area (Å²) in [5.74, 6) is -0.478. The van der Waals surface area contributed by atoms with Crippen LogP contribution in [-0.2, 0) is 4.79 Å². The molecule has 5 heteroatoms. The van der Waals surface area contributed by atoms with Crippen LogP contribution in [0.2, 0.25) is 0 Å². The molecule has 0 unspecified atom stereocenters. The van der Waals surface area contributed by atoms with Gasteiger partial charge in [0.1, 0.15) is 0 Å². The summed E-state index contributed by atoms with van der Waals surface area (Å²) in [6.45, 7) is 1.46. The van der Waals surface area contributed by atoms with Gasteiger partial charge in [0.15, 0.2) is 0 Å². The summed E-state index contributed by atoms with van der Waals surface area (Å²) in [5.41, 5.74) is 4.50. The standard InChI is InChI=1S/C6H10N2O2.CH5N/c7-4-8-2-5(3-8)1-6(9)10;1-2/h4-5,7H,1-3H2,(H,9,10);2H2,1H3. The van der Waals surface area contributed by atoms with Crippen molar-refractivity contribution < 1.29 is 9.90 Å². The zero-order chi connectivity index (χ0) is 9.56. The first-order chi connectivity index (χ1) is 5.72. The molecular weight excluding hydrogens is 158 g/mol. The molecule has 0 aromatic rings. The number of likely N-dealkylation sites (tertiary alicyclic amines) is 1. The monoisotopic (exact) mass is 173 g/mol. The van der Waals surface area contributed by atoms with Gasteiger partial charge in [0.25, 0.3) is 0 Å². The highest BCUT2D eigenvalue weighted by Crippen LogP contribution is 2.16. The lowest BCUT2D eigenvalue weighted by atomic mass is 9.97. The number of carbonyl (C=O) groups is 1. The van der Waals surface area contributed by atoms with Gasteiger partial charge in [0, 0.05) is 19.0 Å². The molecule has 1 aliphatic rings. The molecular formula is C7H15N3O2. The Morgan fingerprint density at radius 3 is 2.58 bits per heavy atom. The Balaban J connectivity index is 0.000000561. The molecule has 1 rings (SSSR count). The summed E-state index contributed by atoms with van der Waals surface area (Å²) in [6, 6.07) is 0. The van der Waals surface area contributed by atoms with Crippen molar-refractivity contribution in [2.24, 2.45) is 11.7 Å². The summed E-state index contributed by atoms with van der Waals surface area (Å²) in [5, 5.41) is 15.1. The van der Waals surface area contributed by atoms with Crippen molar-refractivity contribution in [2.75, 3.05) is 20.1 Å². The fraction of sp³-hybridized carbons (Fsp3) is 0.714. The number of hydrogen-bond acceptors (Lipinski definition) is 3. The van der Waals surface area contributed by atoms with Gasteiger partial charge in [-0.1, -0.05) is 0 Å². The van der Waals surface area contributed by atoms with E-state index in [1.165, 1.54) is 13.4 Å². The molecule has 0 saturated carbocycles. The minimum absolute atomic E-state index is 0.240. The number of aliphatic carboxylic acids is 1. The Morgan fingerprint density at radius 1 is 1.75 bits per heavy atom. The van der Waals surface area contributed by atoms with Crippen LogP contribution in [0.3, 0.4) is 0 Å². The normalized spacial score (nSPS) is 15.7. The topological polar surface area (TPSA) is 90.4 Å². The lowest BCUT2D eigenvalue weighted by Gasteiger charge is -2.36. The molecule has 70 valence electrons. The molecule has 0 spiro atoms. The lowest BCUT2D eigenvalue weighted by Crippen LogP contribution is -2.46. The van der Waals surface area contributed by atoms with E-state index in [1.807, 2.05) is 0 Å². The molecule has 0 amide bonds. The van der Waals surface area contributed by atoms with Crippen LogP contribution in [0.1, 0.15) is 6.42 Å². The molecule has 1 aliphatic heterocycles. The highest BCUT2D eigenvalue weighted by Gasteiger charge is 2.25.